The molecule has 1 aromatic carbocycles. The van der Waals surface area contributed by atoms with Gasteiger partial charge in [0.15, 0.2) is 0 Å². The van der Waals surface area contributed by atoms with Crippen molar-refractivity contribution in [3.8, 4) is 17.2 Å². The molecule has 0 N–H and O–H groups in total. The smallest absolute Gasteiger partial charge is 0.449 e. The van der Waals surface area contributed by atoms with Gasteiger partial charge in [0.25, 0.3) is 0 Å². The zero-order valence-electron chi connectivity index (χ0n) is 10.5. The minimum Gasteiger partial charge on any atom is -0.449 e. The summed E-state index contributed by atoms with van der Waals surface area (Å²) in [6, 6.07) is 4.64. The first kappa shape index (κ1) is 16.0. The molecule has 0 saturated carbocycles. The summed E-state index contributed by atoms with van der Waals surface area (Å²) in [6.45, 7) is 0. The number of aromatic nitrogens is 1. The minimum atomic E-state index is -4.85. The first-order valence-electron chi connectivity index (χ1n) is 5.58. The highest BCUT2D eigenvalue weighted by atomic mass is 79.9. The lowest BCUT2D eigenvalue weighted by atomic mass is 10.3. The largest absolute Gasteiger partial charge is 0.573 e. The number of nitrogens with zero attached hydrogens (tertiary/aromatic N) is 2. The SMILES string of the molecule is O=[N+]([O-])c1cncc(Br)c1Oc1cccc(OC(F)(F)F)c1. The van der Waals surface area contributed by atoms with E-state index in [4.69, 9.17) is 4.74 Å². The van der Waals surface area contributed by atoms with Crippen LogP contribution in [0.15, 0.2) is 41.1 Å². The van der Waals surface area contributed by atoms with E-state index >= 15 is 0 Å². The molecular weight excluding hydrogens is 373 g/mol. The number of benzene rings is 1. The molecule has 0 aliphatic heterocycles. The van der Waals surface area contributed by atoms with Gasteiger partial charge in [-0.05, 0) is 28.1 Å². The van der Waals surface area contributed by atoms with E-state index < -0.39 is 22.7 Å². The number of ether oxygens (including phenoxy) is 2. The van der Waals surface area contributed by atoms with E-state index in [1.165, 1.54) is 18.3 Å². The second-order valence-corrected chi connectivity index (χ2v) is 4.71. The normalized spacial score (nSPS) is 11.1. The zero-order chi connectivity index (χ0) is 16.3. The molecule has 0 saturated heterocycles. The highest BCUT2D eigenvalue weighted by Crippen LogP contribution is 2.38. The molecule has 0 bridgehead atoms. The van der Waals surface area contributed by atoms with Crippen molar-refractivity contribution in [2.75, 3.05) is 0 Å². The molecule has 116 valence electrons. The number of hydrogen-bond acceptors (Lipinski definition) is 5. The molecule has 0 amide bonds. The Bertz CT molecular complexity index is 709. The van der Waals surface area contributed by atoms with Crippen molar-refractivity contribution in [1.29, 1.82) is 0 Å². The van der Waals surface area contributed by atoms with Crippen LogP contribution in [0.1, 0.15) is 0 Å². The van der Waals surface area contributed by atoms with Crippen LogP contribution in [0.5, 0.6) is 17.2 Å². The summed E-state index contributed by atoms with van der Waals surface area (Å²) < 4.78 is 45.7. The molecule has 10 heteroatoms. The lowest BCUT2D eigenvalue weighted by molar-refractivity contribution is -0.386. The van der Waals surface area contributed by atoms with Crippen LogP contribution in [0.2, 0.25) is 0 Å². The van der Waals surface area contributed by atoms with Crippen molar-refractivity contribution in [2.24, 2.45) is 0 Å². The van der Waals surface area contributed by atoms with E-state index in [0.29, 0.717) is 0 Å². The Morgan fingerprint density at radius 1 is 1.23 bits per heavy atom. The van der Waals surface area contributed by atoms with Gasteiger partial charge in [0.2, 0.25) is 5.75 Å². The third kappa shape index (κ3) is 4.07. The number of nitro groups is 1. The quantitative estimate of drug-likeness (QED) is 0.580. The fourth-order valence-electron chi connectivity index (χ4n) is 1.50. The maximum Gasteiger partial charge on any atom is 0.573 e. The van der Waals surface area contributed by atoms with E-state index in [1.807, 2.05) is 0 Å². The van der Waals surface area contributed by atoms with Crippen molar-refractivity contribution in [3.05, 3.63) is 51.2 Å². The highest BCUT2D eigenvalue weighted by molar-refractivity contribution is 9.10. The Hall–Kier alpha value is -2.36. The molecule has 0 unspecified atom stereocenters. The second kappa shape index (κ2) is 6.18. The average Bonchev–Trinajstić information content (AvgIpc) is 2.39. The van der Waals surface area contributed by atoms with E-state index in [2.05, 4.69) is 25.7 Å². The Morgan fingerprint density at radius 2 is 1.91 bits per heavy atom. The van der Waals surface area contributed by atoms with Gasteiger partial charge in [0, 0.05) is 12.3 Å². The lowest BCUT2D eigenvalue weighted by Crippen LogP contribution is -2.17. The van der Waals surface area contributed by atoms with Crippen molar-refractivity contribution >= 4 is 21.6 Å². The molecule has 0 fully saturated rings. The van der Waals surface area contributed by atoms with E-state index in [-0.39, 0.29) is 16.0 Å². The molecule has 0 spiro atoms. The number of rotatable bonds is 4. The zero-order valence-corrected chi connectivity index (χ0v) is 12.1. The van der Waals surface area contributed by atoms with Crippen LogP contribution in [-0.2, 0) is 0 Å². The van der Waals surface area contributed by atoms with E-state index in [0.717, 1.165) is 18.3 Å². The standard InChI is InChI=1S/C12H6BrF3N2O4/c13-9-5-17-6-10(18(19)20)11(9)21-7-2-1-3-8(4-7)22-12(14,15)16/h1-6H. The number of alkyl halides is 3. The van der Waals surface area contributed by atoms with E-state index in [9.17, 15) is 23.3 Å². The summed E-state index contributed by atoms with van der Waals surface area (Å²) in [5, 5.41) is 10.9. The third-order valence-electron chi connectivity index (χ3n) is 2.29. The van der Waals surface area contributed by atoms with Gasteiger partial charge in [0.1, 0.15) is 17.7 Å². The van der Waals surface area contributed by atoms with Crippen molar-refractivity contribution in [1.82, 2.24) is 4.98 Å². The number of hydrogen-bond donors (Lipinski definition) is 0. The molecule has 1 heterocycles. The molecular formula is C12H6BrF3N2O4. The first-order valence-corrected chi connectivity index (χ1v) is 6.37. The molecule has 2 rings (SSSR count). The summed E-state index contributed by atoms with van der Waals surface area (Å²) in [4.78, 5) is 13.8. The van der Waals surface area contributed by atoms with Gasteiger partial charge in [0.05, 0.1) is 9.40 Å². The topological polar surface area (TPSA) is 74.5 Å². The fraction of sp³-hybridized carbons (Fsp3) is 0.0833. The fourth-order valence-corrected chi connectivity index (χ4v) is 1.90. The molecule has 2 aromatic rings. The predicted molar refractivity (Wildman–Crippen MR) is 71.8 cm³/mol. The van der Waals surface area contributed by atoms with Gasteiger partial charge >= 0.3 is 12.0 Å². The summed E-state index contributed by atoms with van der Waals surface area (Å²) in [7, 11) is 0. The number of halogens is 4. The molecule has 0 aliphatic carbocycles. The maximum absolute atomic E-state index is 12.2. The Morgan fingerprint density at radius 3 is 2.55 bits per heavy atom. The first-order chi connectivity index (χ1) is 10.3. The van der Waals surface area contributed by atoms with Crippen LogP contribution >= 0.6 is 15.9 Å². The van der Waals surface area contributed by atoms with Crippen molar-refractivity contribution in [3.63, 3.8) is 0 Å². The number of pyridine rings is 1. The predicted octanol–water partition coefficient (Wildman–Crippen LogP) is 4.44. The lowest BCUT2D eigenvalue weighted by Gasteiger charge is -2.11. The third-order valence-corrected chi connectivity index (χ3v) is 2.85. The highest BCUT2D eigenvalue weighted by Gasteiger charge is 2.31. The average molecular weight is 379 g/mol. The van der Waals surface area contributed by atoms with Crippen LogP contribution in [-0.4, -0.2) is 16.3 Å². The van der Waals surface area contributed by atoms with Gasteiger partial charge in [-0.15, -0.1) is 13.2 Å². The van der Waals surface area contributed by atoms with Crippen LogP contribution in [0.4, 0.5) is 18.9 Å². The second-order valence-electron chi connectivity index (χ2n) is 3.85. The monoisotopic (exact) mass is 378 g/mol. The molecule has 0 atom stereocenters. The summed E-state index contributed by atoms with van der Waals surface area (Å²) >= 11 is 3.04. The van der Waals surface area contributed by atoms with Gasteiger partial charge < -0.3 is 9.47 Å². The van der Waals surface area contributed by atoms with Gasteiger partial charge in [-0.1, -0.05) is 6.07 Å². The van der Waals surface area contributed by atoms with Crippen molar-refractivity contribution in [2.45, 2.75) is 6.36 Å². The summed E-state index contributed by atoms with van der Waals surface area (Å²) in [5.41, 5.74) is -0.434. The minimum absolute atomic E-state index is 0.0586. The van der Waals surface area contributed by atoms with E-state index in [1.54, 1.807) is 0 Å². The Balaban J connectivity index is 2.32. The molecule has 22 heavy (non-hydrogen) atoms. The van der Waals surface area contributed by atoms with Crippen LogP contribution in [0, 0.1) is 10.1 Å². The molecule has 1 aromatic heterocycles. The molecule has 0 aliphatic rings. The summed E-state index contributed by atoms with van der Waals surface area (Å²) in [6.07, 6.45) is -2.61. The van der Waals surface area contributed by atoms with Crippen LogP contribution in [0.25, 0.3) is 0 Å². The Labute approximate surface area is 129 Å². The molecule has 0 radical (unpaired) electrons. The maximum atomic E-state index is 12.2. The van der Waals surface area contributed by atoms with Gasteiger partial charge in [-0.25, -0.2) is 0 Å². The van der Waals surface area contributed by atoms with Gasteiger partial charge in [-0.2, -0.15) is 0 Å². The summed E-state index contributed by atoms with van der Waals surface area (Å²) in [5.74, 6) is -0.737. The Kier molecular flexibility index (Phi) is 4.50. The molecule has 6 nitrogen and oxygen atoms in total. The van der Waals surface area contributed by atoms with Gasteiger partial charge in [-0.3, -0.25) is 15.1 Å². The van der Waals surface area contributed by atoms with Crippen LogP contribution in [0.3, 0.4) is 0 Å². The van der Waals surface area contributed by atoms with Crippen LogP contribution < -0.4 is 9.47 Å². The van der Waals surface area contributed by atoms with Crippen molar-refractivity contribution < 1.29 is 27.6 Å².